The van der Waals surface area contributed by atoms with Gasteiger partial charge in [0.25, 0.3) is 0 Å². The molecule has 0 spiro atoms. The van der Waals surface area contributed by atoms with E-state index in [4.69, 9.17) is 0 Å². The first-order chi connectivity index (χ1) is 8.25. The molecule has 0 bridgehead atoms. The molecule has 1 aromatic carbocycles. The maximum Gasteiger partial charge on any atom is 0.126 e. The van der Waals surface area contributed by atoms with Crippen LogP contribution in [0.3, 0.4) is 0 Å². The number of nitrogens with one attached hydrogen (secondary N) is 1. The predicted molar refractivity (Wildman–Crippen MR) is 68.7 cm³/mol. The van der Waals surface area contributed by atoms with Gasteiger partial charge in [-0.05, 0) is 24.1 Å². The zero-order valence-electron chi connectivity index (χ0n) is 9.74. The van der Waals surface area contributed by atoms with E-state index >= 15 is 0 Å². The molecule has 0 aliphatic carbocycles. The van der Waals surface area contributed by atoms with Crippen molar-refractivity contribution in [2.75, 3.05) is 6.54 Å². The summed E-state index contributed by atoms with van der Waals surface area (Å²) < 4.78 is 13.0. The first-order valence-corrected chi connectivity index (χ1v) is 6.53. The fourth-order valence-electron chi connectivity index (χ4n) is 1.63. The highest BCUT2D eigenvalue weighted by atomic mass is 32.1. The van der Waals surface area contributed by atoms with Crippen LogP contribution < -0.4 is 5.32 Å². The molecule has 0 amide bonds. The van der Waals surface area contributed by atoms with Gasteiger partial charge in [0, 0.05) is 24.9 Å². The van der Waals surface area contributed by atoms with E-state index in [1.165, 1.54) is 6.07 Å². The van der Waals surface area contributed by atoms with Crippen molar-refractivity contribution in [3.8, 4) is 0 Å². The summed E-state index contributed by atoms with van der Waals surface area (Å²) >= 11 is 1.62. The summed E-state index contributed by atoms with van der Waals surface area (Å²) in [7, 11) is 0. The van der Waals surface area contributed by atoms with Crippen LogP contribution in [0.1, 0.15) is 16.8 Å². The number of thiazole rings is 1. The van der Waals surface area contributed by atoms with E-state index in [1.807, 2.05) is 17.6 Å². The van der Waals surface area contributed by atoms with E-state index in [9.17, 15) is 4.39 Å². The van der Waals surface area contributed by atoms with E-state index in [-0.39, 0.29) is 5.82 Å². The Morgan fingerprint density at radius 3 is 3.00 bits per heavy atom. The van der Waals surface area contributed by atoms with Gasteiger partial charge in [-0.2, -0.15) is 0 Å². The Hall–Kier alpha value is -1.26. The molecule has 2 rings (SSSR count). The van der Waals surface area contributed by atoms with Crippen molar-refractivity contribution in [3.63, 3.8) is 0 Å². The largest absolute Gasteiger partial charge is 0.312 e. The topological polar surface area (TPSA) is 24.9 Å². The lowest BCUT2D eigenvalue weighted by molar-refractivity contribution is 0.615. The zero-order chi connectivity index (χ0) is 12.1. The maximum atomic E-state index is 13.0. The summed E-state index contributed by atoms with van der Waals surface area (Å²) in [6.07, 6.45) is 0.934. The highest BCUT2D eigenvalue weighted by Crippen LogP contribution is 2.09. The number of aryl methyl sites for hydroxylation is 1. The van der Waals surface area contributed by atoms with Gasteiger partial charge in [0.2, 0.25) is 0 Å². The molecule has 0 aliphatic heterocycles. The van der Waals surface area contributed by atoms with Crippen LogP contribution in [0.5, 0.6) is 0 Å². The summed E-state index contributed by atoms with van der Waals surface area (Å²) in [6, 6.07) is 5.22. The first kappa shape index (κ1) is 12.2. The second-order valence-electron chi connectivity index (χ2n) is 3.99. The van der Waals surface area contributed by atoms with Crippen molar-refractivity contribution in [1.82, 2.24) is 10.3 Å². The molecule has 0 atom stereocenters. The Kier molecular flexibility index (Phi) is 4.23. The molecular weight excluding hydrogens is 235 g/mol. The molecule has 1 aromatic heterocycles. The van der Waals surface area contributed by atoms with Gasteiger partial charge in [0.05, 0.1) is 11.2 Å². The third kappa shape index (κ3) is 3.61. The lowest BCUT2D eigenvalue weighted by Crippen LogP contribution is -2.16. The Balaban J connectivity index is 1.76. The third-order valence-corrected chi connectivity index (χ3v) is 3.23. The number of benzene rings is 1. The van der Waals surface area contributed by atoms with E-state index in [0.717, 1.165) is 30.8 Å². The summed E-state index contributed by atoms with van der Waals surface area (Å²) in [6.45, 7) is 3.44. The van der Waals surface area contributed by atoms with Crippen LogP contribution in [0.15, 0.2) is 29.1 Å². The van der Waals surface area contributed by atoms with Gasteiger partial charge in [-0.15, -0.1) is 11.3 Å². The Bertz CT molecular complexity index is 468. The fraction of sp³-hybridized carbons (Fsp3) is 0.308. The normalized spacial score (nSPS) is 10.7. The van der Waals surface area contributed by atoms with Gasteiger partial charge in [-0.1, -0.05) is 12.1 Å². The van der Waals surface area contributed by atoms with Crippen LogP contribution in [0.4, 0.5) is 4.39 Å². The van der Waals surface area contributed by atoms with Gasteiger partial charge >= 0.3 is 0 Å². The predicted octanol–water partition coefficient (Wildman–Crippen LogP) is 2.92. The number of rotatable bonds is 5. The molecule has 2 aromatic rings. The number of nitrogens with zero attached hydrogens (tertiary/aromatic N) is 1. The molecule has 0 saturated heterocycles. The van der Waals surface area contributed by atoms with Crippen molar-refractivity contribution < 1.29 is 4.39 Å². The standard InChI is InChI=1S/C13H15FN2S/c1-10-6-11(2-3-13(10)14)7-15-5-4-12-8-17-9-16-12/h2-3,6,8-9,15H,4-5,7H2,1H3. The van der Waals surface area contributed by atoms with Gasteiger partial charge < -0.3 is 5.32 Å². The lowest BCUT2D eigenvalue weighted by atomic mass is 10.1. The van der Waals surface area contributed by atoms with Crippen LogP contribution in [0.2, 0.25) is 0 Å². The molecular formula is C13H15FN2S. The molecule has 90 valence electrons. The molecule has 0 radical (unpaired) electrons. The summed E-state index contributed by atoms with van der Waals surface area (Å²) in [5, 5.41) is 5.39. The van der Waals surface area contributed by atoms with Gasteiger partial charge in [0.1, 0.15) is 5.82 Å². The number of halogens is 1. The fourth-order valence-corrected chi connectivity index (χ4v) is 2.22. The molecule has 1 heterocycles. The molecule has 0 fully saturated rings. The van der Waals surface area contributed by atoms with Crippen molar-refractivity contribution >= 4 is 11.3 Å². The Morgan fingerprint density at radius 1 is 1.41 bits per heavy atom. The first-order valence-electron chi connectivity index (χ1n) is 5.58. The summed E-state index contributed by atoms with van der Waals surface area (Å²) in [4.78, 5) is 4.22. The van der Waals surface area contributed by atoms with Crippen molar-refractivity contribution in [1.29, 1.82) is 0 Å². The van der Waals surface area contributed by atoms with Crippen LogP contribution in [0, 0.1) is 12.7 Å². The van der Waals surface area contributed by atoms with Crippen LogP contribution in [-0.4, -0.2) is 11.5 Å². The quantitative estimate of drug-likeness (QED) is 0.825. The third-order valence-electron chi connectivity index (χ3n) is 2.59. The van der Waals surface area contributed by atoms with Crippen molar-refractivity contribution in [2.24, 2.45) is 0 Å². The second-order valence-corrected chi connectivity index (χ2v) is 4.71. The van der Waals surface area contributed by atoms with Gasteiger partial charge in [-0.3, -0.25) is 0 Å². The summed E-state index contributed by atoms with van der Waals surface area (Å²) in [5.74, 6) is -0.142. The molecule has 0 aliphatic rings. The highest BCUT2D eigenvalue weighted by Gasteiger charge is 1.99. The average Bonchev–Trinajstić information content (AvgIpc) is 2.82. The minimum atomic E-state index is -0.142. The van der Waals surface area contributed by atoms with Gasteiger partial charge in [-0.25, -0.2) is 9.37 Å². The number of hydrogen-bond donors (Lipinski definition) is 1. The maximum absolute atomic E-state index is 13.0. The van der Waals surface area contributed by atoms with E-state index < -0.39 is 0 Å². The number of hydrogen-bond acceptors (Lipinski definition) is 3. The monoisotopic (exact) mass is 250 g/mol. The molecule has 0 saturated carbocycles. The van der Waals surface area contributed by atoms with Crippen LogP contribution >= 0.6 is 11.3 Å². The van der Waals surface area contributed by atoms with Crippen molar-refractivity contribution in [2.45, 2.75) is 19.9 Å². The Labute approximate surface area is 105 Å². The van der Waals surface area contributed by atoms with E-state index in [0.29, 0.717) is 5.56 Å². The van der Waals surface area contributed by atoms with Crippen molar-refractivity contribution in [3.05, 3.63) is 51.7 Å². The average molecular weight is 250 g/mol. The van der Waals surface area contributed by atoms with Crippen LogP contribution in [-0.2, 0) is 13.0 Å². The smallest absolute Gasteiger partial charge is 0.126 e. The molecule has 17 heavy (non-hydrogen) atoms. The number of aromatic nitrogens is 1. The molecule has 0 unspecified atom stereocenters. The SMILES string of the molecule is Cc1cc(CNCCc2cscn2)ccc1F. The second kappa shape index (κ2) is 5.89. The lowest BCUT2D eigenvalue weighted by Gasteiger charge is -2.05. The summed E-state index contributed by atoms with van der Waals surface area (Å²) in [5.41, 5.74) is 4.78. The Morgan fingerprint density at radius 2 is 2.29 bits per heavy atom. The molecule has 2 nitrogen and oxygen atoms in total. The van der Waals surface area contributed by atoms with E-state index in [1.54, 1.807) is 18.3 Å². The minimum Gasteiger partial charge on any atom is -0.312 e. The zero-order valence-corrected chi connectivity index (χ0v) is 10.6. The van der Waals surface area contributed by atoms with Crippen LogP contribution in [0.25, 0.3) is 0 Å². The molecule has 1 N–H and O–H groups in total. The minimum absolute atomic E-state index is 0.142. The van der Waals surface area contributed by atoms with E-state index in [2.05, 4.69) is 15.7 Å². The van der Waals surface area contributed by atoms with Gasteiger partial charge in [0.15, 0.2) is 0 Å². The molecule has 4 heteroatoms. The highest BCUT2D eigenvalue weighted by molar-refractivity contribution is 7.07.